The van der Waals surface area contributed by atoms with Crippen LogP contribution < -0.4 is 4.90 Å². The third kappa shape index (κ3) is 3.26. The van der Waals surface area contributed by atoms with E-state index in [9.17, 15) is 14.0 Å². The lowest BCUT2D eigenvalue weighted by Gasteiger charge is -2.33. The molecule has 1 atom stereocenters. The van der Waals surface area contributed by atoms with Crippen LogP contribution in [0, 0.1) is 11.7 Å². The van der Waals surface area contributed by atoms with Crippen LogP contribution in [0.4, 0.5) is 10.1 Å². The highest BCUT2D eigenvalue weighted by molar-refractivity contribution is 6.00. The minimum absolute atomic E-state index is 0.0135. The molecule has 5 rings (SSSR count). The van der Waals surface area contributed by atoms with Crippen molar-refractivity contribution in [3.63, 3.8) is 0 Å². The van der Waals surface area contributed by atoms with E-state index < -0.39 is 11.7 Å². The van der Waals surface area contributed by atoms with Crippen LogP contribution in [0.5, 0.6) is 0 Å². The Morgan fingerprint density at radius 3 is 2.57 bits per heavy atom. The molecule has 0 aliphatic carbocycles. The summed E-state index contributed by atoms with van der Waals surface area (Å²) in [6.45, 7) is 1.63. The summed E-state index contributed by atoms with van der Waals surface area (Å²) < 4.78 is 14.1. The molecule has 2 aliphatic heterocycles. The average molecular weight is 405 g/mol. The third-order valence-electron chi connectivity index (χ3n) is 6.49. The number of fused-ring (bicyclic) bond motifs is 1. The summed E-state index contributed by atoms with van der Waals surface area (Å²) in [5.74, 6) is -0.586. The Kier molecular flexibility index (Phi) is 4.77. The van der Waals surface area contributed by atoms with E-state index in [1.807, 2.05) is 11.0 Å². The monoisotopic (exact) mass is 405 g/mol. The van der Waals surface area contributed by atoms with E-state index in [1.54, 1.807) is 18.2 Å². The fourth-order valence-electron chi connectivity index (χ4n) is 4.88. The zero-order valence-corrected chi connectivity index (χ0v) is 16.7. The van der Waals surface area contributed by atoms with Gasteiger partial charge in [-0.3, -0.25) is 9.59 Å². The van der Waals surface area contributed by atoms with Crippen molar-refractivity contribution in [1.29, 1.82) is 0 Å². The Balaban J connectivity index is 1.24. The van der Waals surface area contributed by atoms with Crippen LogP contribution in [0.15, 0.2) is 54.7 Å². The lowest BCUT2D eigenvalue weighted by Crippen LogP contribution is -2.42. The molecule has 3 heterocycles. The molecule has 30 heavy (non-hydrogen) atoms. The van der Waals surface area contributed by atoms with Crippen molar-refractivity contribution in [1.82, 2.24) is 9.88 Å². The maximum atomic E-state index is 14.1. The Morgan fingerprint density at radius 2 is 1.77 bits per heavy atom. The van der Waals surface area contributed by atoms with Crippen LogP contribution in [-0.4, -0.2) is 41.3 Å². The molecule has 0 bridgehead atoms. The molecule has 6 heteroatoms. The number of benzene rings is 2. The second kappa shape index (κ2) is 7.59. The molecule has 0 saturated carbocycles. The van der Waals surface area contributed by atoms with Crippen molar-refractivity contribution < 1.29 is 14.0 Å². The van der Waals surface area contributed by atoms with Crippen molar-refractivity contribution in [2.75, 3.05) is 24.5 Å². The number of hydrogen-bond acceptors (Lipinski definition) is 2. The van der Waals surface area contributed by atoms with Gasteiger partial charge in [-0.05, 0) is 42.5 Å². The zero-order valence-electron chi connectivity index (χ0n) is 16.7. The number of H-pyrrole nitrogens is 1. The van der Waals surface area contributed by atoms with Gasteiger partial charge in [0.2, 0.25) is 11.8 Å². The number of amides is 2. The van der Waals surface area contributed by atoms with Crippen molar-refractivity contribution in [2.45, 2.75) is 25.2 Å². The van der Waals surface area contributed by atoms with E-state index in [1.165, 1.54) is 21.9 Å². The molecule has 2 amide bonds. The van der Waals surface area contributed by atoms with Gasteiger partial charge < -0.3 is 14.8 Å². The van der Waals surface area contributed by atoms with Crippen molar-refractivity contribution in [2.24, 2.45) is 5.92 Å². The predicted molar refractivity (Wildman–Crippen MR) is 114 cm³/mol. The minimum Gasteiger partial charge on any atom is -0.361 e. The topological polar surface area (TPSA) is 56.4 Å². The maximum absolute atomic E-state index is 14.1. The Labute approximate surface area is 174 Å². The lowest BCUT2D eigenvalue weighted by molar-refractivity contribution is -0.136. The van der Waals surface area contributed by atoms with Crippen molar-refractivity contribution in [3.8, 4) is 0 Å². The number of hydrogen-bond donors (Lipinski definition) is 1. The first kappa shape index (κ1) is 18.9. The molecule has 2 saturated heterocycles. The van der Waals surface area contributed by atoms with E-state index in [0.717, 1.165) is 18.4 Å². The lowest BCUT2D eigenvalue weighted by atomic mass is 9.88. The van der Waals surface area contributed by atoms with Gasteiger partial charge in [0.25, 0.3) is 0 Å². The van der Waals surface area contributed by atoms with Crippen LogP contribution in [0.2, 0.25) is 0 Å². The third-order valence-corrected chi connectivity index (χ3v) is 6.49. The first-order chi connectivity index (χ1) is 14.6. The highest BCUT2D eigenvalue weighted by Gasteiger charge is 2.39. The van der Waals surface area contributed by atoms with Gasteiger partial charge in [-0.25, -0.2) is 4.39 Å². The molecule has 0 spiro atoms. The highest BCUT2D eigenvalue weighted by atomic mass is 19.1. The summed E-state index contributed by atoms with van der Waals surface area (Å²) in [4.78, 5) is 32.1. The molecular formula is C24H24FN3O2. The first-order valence-electron chi connectivity index (χ1n) is 10.5. The van der Waals surface area contributed by atoms with Gasteiger partial charge in [0.15, 0.2) is 0 Å². The van der Waals surface area contributed by atoms with Crippen LogP contribution >= 0.6 is 0 Å². The Morgan fingerprint density at radius 1 is 1.03 bits per heavy atom. The summed E-state index contributed by atoms with van der Waals surface area (Å²) >= 11 is 0. The number of rotatable bonds is 3. The van der Waals surface area contributed by atoms with Crippen molar-refractivity contribution >= 4 is 28.4 Å². The molecule has 1 aromatic heterocycles. The molecule has 2 aliphatic rings. The van der Waals surface area contributed by atoms with E-state index in [2.05, 4.69) is 29.4 Å². The van der Waals surface area contributed by atoms with E-state index in [0.29, 0.717) is 19.0 Å². The standard InChI is InChI=1S/C24H24FN3O2/c25-20-6-2-4-8-22(20)28-15-17(13-23(28)29)24(30)27-11-9-16(10-12-27)19-14-26-21-7-3-1-5-18(19)21/h1-8,14,16-17,26H,9-13,15H2/t17-/m0/s1. The number of nitrogens with zero attached hydrogens (tertiary/aromatic N) is 2. The average Bonchev–Trinajstić information content (AvgIpc) is 3.37. The minimum atomic E-state index is -0.432. The molecule has 5 nitrogen and oxygen atoms in total. The van der Waals surface area contributed by atoms with Crippen LogP contribution in [0.25, 0.3) is 10.9 Å². The van der Waals surface area contributed by atoms with Crippen LogP contribution in [-0.2, 0) is 9.59 Å². The van der Waals surface area contributed by atoms with Gasteiger partial charge in [0.05, 0.1) is 11.6 Å². The molecule has 3 aromatic rings. The van der Waals surface area contributed by atoms with Gasteiger partial charge in [-0.1, -0.05) is 30.3 Å². The first-order valence-corrected chi connectivity index (χ1v) is 10.5. The van der Waals surface area contributed by atoms with E-state index >= 15 is 0 Å². The number of carbonyl (C=O) groups excluding carboxylic acids is 2. The molecular weight excluding hydrogens is 381 g/mol. The number of para-hydroxylation sites is 2. The largest absolute Gasteiger partial charge is 0.361 e. The fraction of sp³-hybridized carbons (Fsp3) is 0.333. The van der Waals surface area contributed by atoms with Crippen LogP contribution in [0.3, 0.4) is 0 Å². The maximum Gasteiger partial charge on any atom is 0.228 e. The van der Waals surface area contributed by atoms with Gasteiger partial charge in [-0.2, -0.15) is 0 Å². The number of piperidine rings is 1. The number of nitrogens with one attached hydrogen (secondary N) is 1. The highest BCUT2D eigenvalue weighted by Crippen LogP contribution is 2.34. The quantitative estimate of drug-likeness (QED) is 0.714. The zero-order chi connectivity index (χ0) is 20.7. The fourth-order valence-corrected chi connectivity index (χ4v) is 4.88. The Bertz CT molecular complexity index is 1100. The summed E-state index contributed by atoms with van der Waals surface area (Å²) in [6, 6.07) is 14.5. The van der Waals surface area contributed by atoms with Crippen LogP contribution in [0.1, 0.15) is 30.7 Å². The second-order valence-electron chi connectivity index (χ2n) is 8.25. The number of carbonyl (C=O) groups is 2. The van der Waals surface area contributed by atoms with E-state index in [-0.39, 0.29) is 30.5 Å². The Hall–Kier alpha value is -3.15. The molecule has 0 radical (unpaired) electrons. The molecule has 1 N–H and O–H groups in total. The summed E-state index contributed by atoms with van der Waals surface area (Å²) in [7, 11) is 0. The smallest absolute Gasteiger partial charge is 0.228 e. The predicted octanol–water partition coefficient (Wildman–Crippen LogP) is 4.07. The second-order valence-corrected chi connectivity index (χ2v) is 8.25. The summed E-state index contributed by atoms with van der Waals surface area (Å²) in [5.41, 5.74) is 2.72. The molecule has 154 valence electrons. The molecule has 2 aromatic carbocycles. The van der Waals surface area contributed by atoms with Gasteiger partial charge in [0, 0.05) is 43.2 Å². The summed E-state index contributed by atoms with van der Waals surface area (Å²) in [5, 5.41) is 1.25. The van der Waals surface area contributed by atoms with Gasteiger partial charge >= 0.3 is 0 Å². The number of halogens is 1. The number of anilines is 1. The van der Waals surface area contributed by atoms with E-state index in [4.69, 9.17) is 0 Å². The number of aromatic amines is 1. The summed E-state index contributed by atoms with van der Waals surface area (Å²) in [6.07, 6.45) is 4.06. The SMILES string of the molecule is O=C([C@H]1CC(=O)N(c2ccccc2F)C1)N1CCC(c2c[nH]c3ccccc23)CC1. The van der Waals surface area contributed by atoms with Crippen molar-refractivity contribution in [3.05, 3.63) is 66.1 Å². The van der Waals surface area contributed by atoms with Gasteiger partial charge in [0.1, 0.15) is 5.82 Å². The van der Waals surface area contributed by atoms with Gasteiger partial charge in [-0.15, -0.1) is 0 Å². The molecule has 0 unspecified atom stereocenters. The number of likely N-dealkylation sites (tertiary alicyclic amines) is 1. The normalized spacial score (nSPS) is 20.3. The molecule has 2 fully saturated rings. The number of aromatic nitrogens is 1.